The lowest BCUT2D eigenvalue weighted by Gasteiger charge is -2.30. The molecule has 1 aliphatic carbocycles. The zero-order valence-electron chi connectivity index (χ0n) is 16.3. The first-order valence-electron chi connectivity index (χ1n) is 9.22. The number of benzene rings is 1. The summed E-state index contributed by atoms with van der Waals surface area (Å²) in [5, 5.41) is 9.87. The number of carbonyl (C=O) groups excluding carboxylic acids is 1. The Balaban J connectivity index is 0.00000364. The zero-order valence-corrected chi connectivity index (χ0v) is 19.4. The first-order valence-corrected chi connectivity index (χ1v) is 10.6. The van der Waals surface area contributed by atoms with Gasteiger partial charge in [-0.05, 0) is 37.0 Å². The topological polar surface area (TPSA) is 82.6 Å². The molecule has 0 aromatic heterocycles. The molecule has 6 nitrogen and oxygen atoms in total. The number of hydrogen-bond donors (Lipinski definition) is 3. The van der Waals surface area contributed by atoms with Crippen molar-refractivity contribution in [3.8, 4) is 0 Å². The molecule has 3 unspecified atom stereocenters. The maximum Gasteiger partial charge on any atom is 0.221 e. The van der Waals surface area contributed by atoms with Crippen LogP contribution in [-0.2, 0) is 22.1 Å². The summed E-state index contributed by atoms with van der Waals surface area (Å²) in [4.78, 5) is 15.5. The number of carbonyl (C=O) groups is 1. The third kappa shape index (κ3) is 8.16. The van der Waals surface area contributed by atoms with Gasteiger partial charge < -0.3 is 16.0 Å². The van der Waals surface area contributed by atoms with Crippen molar-refractivity contribution in [2.24, 2.45) is 4.99 Å². The molecule has 3 N–H and O–H groups in total. The molecule has 1 saturated carbocycles. The summed E-state index contributed by atoms with van der Waals surface area (Å²) in [7, 11) is 1.03. The minimum atomic E-state index is -0.727. The number of hydrogen-bond acceptors (Lipinski definition) is 3. The smallest absolute Gasteiger partial charge is 0.221 e. The van der Waals surface area contributed by atoms with E-state index in [4.69, 9.17) is 0 Å². The van der Waals surface area contributed by atoms with E-state index in [9.17, 15) is 9.00 Å². The number of amides is 1. The van der Waals surface area contributed by atoms with Gasteiger partial charge in [0.05, 0.1) is 0 Å². The van der Waals surface area contributed by atoms with Gasteiger partial charge >= 0.3 is 0 Å². The summed E-state index contributed by atoms with van der Waals surface area (Å²) in [6.07, 6.45) is 4.17. The van der Waals surface area contributed by atoms with Crippen molar-refractivity contribution in [1.82, 2.24) is 10.6 Å². The summed E-state index contributed by atoms with van der Waals surface area (Å²) in [6.45, 7) is 4.10. The van der Waals surface area contributed by atoms with Crippen LogP contribution in [0.3, 0.4) is 0 Å². The maximum atomic E-state index is 12.1. The largest absolute Gasteiger partial charge is 0.354 e. The molecular weight excluding hydrogens is 475 g/mol. The van der Waals surface area contributed by atoms with Crippen molar-refractivity contribution in [2.75, 3.05) is 18.1 Å². The number of aliphatic imine (C=N–C) groups is 1. The SMILES string of the molecule is CCS(=O)C1CCCC(NC(=NC)NCc2cccc(NC(C)=O)c2)C1.I. The van der Waals surface area contributed by atoms with Crippen LogP contribution >= 0.6 is 24.0 Å². The monoisotopic (exact) mass is 506 g/mol. The van der Waals surface area contributed by atoms with Gasteiger partial charge in [0.1, 0.15) is 0 Å². The average Bonchev–Trinajstić information content (AvgIpc) is 2.64. The van der Waals surface area contributed by atoms with Gasteiger partial charge in [0.15, 0.2) is 5.96 Å². The highest BCUT2D eigenvalue weighted by atomic mass is 127. The molecule has 0 heterocycles. The molecule has 27 heavy (non-hydrogen) atoms. The van der Waals surface area contributed by atoms with Crippen molar-refractivity contribution < 1.29 is 9.00 Å². The molecule has 1 aliphatic rings. The Kier molecular flexibility index (Phi) is 10.9. The molecule has 1 fully saturated rings. The Labute approximate surface area is 181 Å². The van der Waals surface area contributed by atoms with Crippen molar-refractivity contribution in [1.29, 1.82) is 0 Å². The second kappa shape index (κ2) is 12.3. The predicted octanol–water partition coefficient (Wildman–Crippen LogP) is 3.01. The van der Waals surface area contributed by atoms with Gasteiger partial charge in [-0.1, -0.05) is 25.5 Å². The third-order valence-corrected chi connectivity index (χ3v) is 6.29. The number of nitrogens with one attached hydrogen (secondary N) is 3. The Morgan fingerprint density at radius 1 is 1.33 bits per heavy atom. The molecule has 8 heteroatoms. The van der Waals surface area contributed by atoms with E-state index < -0.39 is 10.8 Å². The summed E-state index contributed by atoms with van der Waals surface area (Å²) < 4.78 is 12.1. The molecule has 1 amide bonds. The highest BCUT2D eigenvalue weighted by molar-refractivity contribution is 14.0. The van der Waals surface area contributed by atoms with Gasteiger partial charge in [-0.15, -0.1) is 24.0 Å². The van der Waals surface area contributed by atoms with E-state index in [1.165, 1.54) is 6.92 Å². The molecular formula is C19H31IN4O2S. The van der Waals surface area contributed by atoms with Crippen LogP contribution < -0.4 is 16.0 Å². The van der Waals surface area contributed by atoms with Crippen LogP contribution in [0.25, 0.3) is 0 Å². The summed E-state index contributed by atoms with van der Waals surface area (Å²) in [5.41, 5.74) is 1.85. The number of guanidine groups is 1. The van der Waals surface area contributed by atoms with Gasteiger partial charge in [0, 0.05) is 54.0 Å². The summed E-state index contributed by atoms with van der Waals surface area (Å²) >= 11 is 0. The standard InChI is InChI=1S/C19H30N4O2S.HI/c1-4-26(25)18-10-6-9-17(12-18)23-19(20-3)21-13-15-7-5-8-16(11-15)22-14(2)24;/h5,7-8,11,17-18H,4,6,9-10,12-13H2,1-3H3,(H,22,24)(H2,20,21,23);1H. The van der Waals surface area contributed by atoms with E-state index in [0.29, 0.717) is 17.8 Å². The van der Waals surface area contributed by atoms with Gasteiger partial charge in [-0.3, -0.25) is 14.0 Å². The van der Waals surface area contributed by atoms with E-state index in [1.54, 1.807) is 7.05 Å². The molecule has 0 spiro atoms. The molecule has 0 saturated heterocycles. The van der Waals surface area contributed by atoms with E-state index >= 15 is 0 Å². The van der Waals surface area contributed by atoms with Crippen LogP contribution in [0.2, 0.25) is 0 Å². The lowest BCUT2D eigenvalue weighted by atomic mass is 9.95. The molecule has 0 bridgehead atoms. The Bertz CT molecular complexity index is 669. The highest BCUT2D eigenvalue weighted by Gasteiger charge is 2.25. The van der Waals surface area contributed by atoms with Gasteiger partial charge in [0.2, 0.25) is 5.91 Å². The minimum Gasteiger partial charge on any atom is -0.354 e. The van der Waals surface area contributed by atoms with Gasteiger partial charge in [-0.2, -0.15) is 0 Å². The minimum absolute atomic E-state index is 0. The number of halogens is 1. The van der Waals surface area contributed by atoms with E-state index in [0.717, 1.165) is 48.6 Å². The number of anilines is 1. The normalized spacial score (nSPS) is 20.9. The van der Waals surface area contributed by atoms with E-state index in [1.807, 2.05) is 31.2 Å². The van der Waals surface area contributed by atoms with Crippen molar-refractivity contribution in [3.05, 3.63) is 29.8 Å². The van der Waals surface area contributed by atoms with Crippen LogP contribution in [0.5, 0.6) is 0 Å². The maximum absolute atomic E-state index is 12.1. The van der Waals surface area contributed by atoms with Crippen LogP contribution in [0.1, 0.15) is 45.1 Å². The first kappa shape index (κ1) is 23.9. The molecule has 152 valence electrons. The van der Waals surface area contributed by atoms with Crippen LogP contribution in [0.15, 0.2) is 29.3 Å². The number of nitrogens with zero attached hydrogens (tertiary/aromatic N) is 1. The molecule has 0 aliphatic heterocycles. The second-order valence-corrected chi connectivity index (χ2v) is 8.61. The lowest BCUT2D eigenvalue weighted by Crippen LogP contribution is -2.46. The molecule has 3 atom stereocenters. The Hall–Kier alpha value is -1.16. The van der Waals surface area contributed by atoms with Crippen LogP contribution in [0.4, 0.5) is 5.69 Å². The van der Waals surface area contributed by atoms with Crippen LogP contribution in [0, 0.1) is 0 Å². The van der Waals surface area contributed by atoms with Crippen molar-refractivity contribution >= 4 is 52.3 Å². The lowest BCUT2D eigenvalue weighted by molar-refractivity contribution is -0.114. The van der Waals surface area contributed by atoms with Crippen molar-refractivity contribution in [2.45, 2.75) is 57.4 Å². The van der Waals surface area contributed by atoms with Crippen molar-refractivity contribution in [3.63, 3.8) is 0 Å². The molecule has 1 aromatic carbocycles. The van der Waals surface area contributed by atoms with Crippen LogP contribution in [-0.4, -0.2) is 40.2 Å². The molecule has 0 radical (unpaired) electrons. The molecule has 2 rings (SSSR count). The zero-order chi connectivity index (χ0) is 18.9. The number of rotatable bonds is 6. The fourth-order valence-corrected chi connectivity index (χ4v) is 4.63. The third-order valence-electron chi connectivity index (χ3n) is 4.55. The highest BCUT2D eigenvalue weighted by Crippen LogP contribution is 2.23. The first-order chi connectivity index (χ1) is 12.5. The quantitative estimate of drug-likeness (QED) is 0.315. The fourth-order valence-electron chi connectivity index (χ4n) is 3.29. The second-order valence-electron chi connectivity index (χ2n) is 6.61. The average molecular weight is 506 g/mol. The predicted molar refractivity (Wildman–Crippen MR) is 124 cm³/mol. The fraction of sp³-hybridized carbons (Fsp3) is 0.579. The Morgan fingerprint density at radius 2 is 2.11 bits per heavy atom. The van der Waals surface area contributed by atoms with Gasteiger partial charge in [-0.25, -0.2) is 0 Å². The van der Waals surface area contributed by atoms with E-state index in [2.05, 4.69) is 20.9 Å². The summed E-state index contributed by atoms with van der Waals surface area (Å²) in [6, 6.07) is 8.05. The Morgan fingerprint density at radius 3 is 2.78 bits per heavy atom. The van der Waals surface area contributed by atoms with Gasteiger partial charge in [0.25, 0.3) is 0 Å². The molecule has 1 aromatic rings. The van der Waals surface area contributed by atoms with E-state index in [-0.39, 0.29) is 29.9 Å². The summed E-state index contributed by atoms with van der Waals surface area (Å²) in [5.74, 6) is 1.40.